The number of nitrogens with two attached hydrogens (primary N) is 1. The number of benzene rings is 2. The summed E-state index contributed by atoms with van der Waals surface area (Å²) < 4.78 is 13.6. The van der Waals surface area contributed by atoms with Crippen LogP contribution in [-0.4, -0.2) is 16.9 Å². The van der Waals surface area contributed by atoms with Crippen molar-refractivity contribution in [2.24, 2.45) is 5.73 Å². The van der Waals surface area contributed by atoms with Crippen LogP contribution in [0.25, 0.3) is 10.9 Å². The lowest BCUT2D eigenvalue weighted by atomic mass is 10.1. The zero-order chi connectivity index (χ0) is 17.6. The summed E-state index contributed by atoms with van der Waals surface area (Å²) in [4.78, 5) is 15.8. The highest BCUT2D eigenvalue weighted by Gasteiger charge is 2.30. The van der Waals surface area contributed by atoms with Gasteiger partial charge in [0.25, 0.3) is 0 Å². The molecule has 0 unspecified atom stereocenters. The first kappa shape index (κ1) is 15.8. The number of nitrogens with one attached hydrogen (secondary N) is 2. The fourth-order valence-electron chi connectivity index (χ4n) is 3.77. The lowest BCUT2D eigenvalue weighted by Gasteiger charge is -2.18. The average molecular weight is 337 g/mol. The van der Waals surface area contributed by atoms with Crippen LogP contribution in [0.3, 0.4) is 0 Å². The molecule has 0 saturated heterocycles. The first-order valence-corrected chi connectivity index (χ1v) is 8.42. The summed E-state index contributed by atoms with van der Waals surface area (Å²) in [6.07, 6.45) is 0.944. The van der Waals surface area contributed by atoms with Gasteiger partial charge in [0.05, 0.1) is 18.5 Å². The van der Waals surface area contributed by atoms with E-state index in [1.54, 1.807) is 6.07 Å². The summed E-state index contributed by atoms with van der Waals surface area (Å²) in [5, 5.41) is 3.80. The van der Waals surface area contributed by atoms with Gasteiger partial charge in [0.15, 0.2) is 0 Å². The third-order valence-corrected chi connectivity index (χ3v) is 5.05. The Morgan fingerprint density at radius 2 is 2.12 bits per heavy atom. The van der Waals surface area contributed by atoms with Crippen molar-refractivity contribution in [3.63, 3.8) is 0 Å². The normalized spacial score (nSPS) is 19.2. The summed E-state index contributed by atoms with van der Waals surface area (Å²) in [5.74, 6) is -0.400. The van der Waals surface area contributed by atoms with Gasteiger partial charge in [-0.1, -0.05) is 24.3 Å². The lowest BCUT2D eigenvalue weighted by molar-refractivity contribution is -0.121. The maximum atomic E-state index is 13.6. The molecule has 0 spiro atoms. The number of carbonyl (C=O) groups excluding carboxylic acids is 1. The number of hydrogen-bond donors (Lipinski definition) is 3. The molecule has 3 aromatic rings. The number of hydrogen-bond acceptors (Lipinski definition) is 2. The number of aryl methyl sites for hydroxylation is 1. The molecule has 5 heteroatoms. The molecule has 1 aromatic heterocycles. The fourth-order valence-corrected chi connectivity index (χ4v) is 3.77. The Bertz CT molecular complexity index is 963. The molecule has 128 valence electrons. The van der Waals surface area contributed by atoms with Crippen LogP contribution in [0.4, 0.5) is 4.39 Å². The molecule has 0 radical (unpaired) electrons. The molecule has 0 bridgehead atoms. The topological polar surface area (TPSA) is 70.9 Å². The number of carbonyl (C=O) groups is 1. The van der Waals surface area contributed by atoms with Crippen LogP contribution in [0.5, 0.6) is 0 Å². The van der Waals surface area contributed by atoms with E-state index in [-0.39, 0.29) is 30.2 Å². The van der Waals surface area contributed by atoms with Crippen molar-refractivity contribution in [2.75, 3.05) is 0 Å². The lowest BCUT2D eigenvalue weighted by Crippen LogP contribution is -2.41. The smallest absolute Gasteiger partial charge is 0.224 e. The minimum atomic E-state index is -0.304. The average Bonchev–Trinajstić information content (AvgIpc) is 3.06. The van der Waals surface area contributed by atoms with E-state index in [1.165, 1.54) is 17.7 Å². The molecule has 1 heterocycles. The Morgan fingerprint density at radius 3 is 2.92 bits per heavy atom. The van der Waals surface area contributed by atoms with Gasteiger partial charge in [-0.2, -0.15) is 0 Å². The van der Waals surface area contributed by atoms with E-state index in [2.05, 4.69) is 10.3 Å². The molecule has 0 saturated carbocycles. The molecular formula is C20H20FN3O. The first-order chi connectivity index (χ1) is 12.0. The van der Waals surface area contributed by atoms with Gasteiger partial charge >= 0.3 is 0 Å². The number of rotatable bonds is 3. The van der Waals surface area contributed by atoms with Crippen LogP contribution < -0.4 is 11.1 Å². The molecule has 0 fully saturated rings. The SMILES string of the molecule is Cc1[nH]c2ccc(F)cc2c1CC(=O)N[C@H]1Cc2ccccc2[C@@H]1N. The summed E-state index contributed by atoms with van der Waals surface area (Å²) >= 11 is 0. The van der Waals surface area contributed by atoms with Crippen molar-refractivity contribution in [1.29, 1.82) is 0 Å². The van der Waals surface area contributed by atoms with Crippen LogP contribution in [0, 0.1) is 12.7 Å². The highest BCUT2D eigenvalue weighted by atomic mass is 19.1. The Labute approximate surface area is 145 Å². The number of aromatic amines is 1. The molecule has 1 amide bonds. The zero-order valence-corrected chi connectivity index (χ0v) is 14.0. The van der Waals surface area contributed by atoms with Crippen molar-refractivity contribution in [1.82, 2.24) is 10.3 Å². The van der Waals surface area contributed by atoms with Gasteiger partial charge < -0.3 is 16.0 Å². The number of halogens is 1. The van der Waals surface area contributed by atoms with E-state index >= 15 is 0 Å². The predicted octanol–water partition coefficient (Wildman–Crippen LogP) is 2.90. The van der Waals surface area contributed by atoms with Crippen LogP contribution in [0.2, 0.25) is 0 Å². The van der Waals surface area contributed by atoms with E-state index < -0.39 is 0 Å². The summed E-state index contributed by atoms with van der Waals surface area (Å²) in [6, 6.07) is 12.3. The highest BCUT2D eigenvalue weighted by molar-refractivity contribution is 5.90. The third kappa shape index (κ3) is 2.81. The van der Waals surface area contributed by atoms with Gasteiger partial charge in [0, 0.05) is 16.6 Å². The van der Waals surface area contributed by atoms with Crippen molar-refractivity contribution in [3.8, 4) is 0 Å². The first-order valence-electron chi connectivity index (χ1n) is 8.42. The van der Waals surface area contributed by atoms with Crippen molar-refractivity contribution in [2.45, 2.75) is 31.8 Å². The van der Waals surface area contributed by atoms with Crippen LogP contribution in [-0.2, 0) is 17.6 Å². The van der Waals surface area contributed by atoms with Gasteiger partial charge in [-0.15, -0.1) is 0 Å². The van der Waals surface area contributed by atoms with E-state index in [1.807, 2.05) is 31.2 Å². The second-order valence-corrected chi connectivity index (χ2v) is 6.70. The monoisotopic (exact) mass is 337 g/mol. The molecular weight excluding hydrogens is 317 g/mol. The molecule has 4 N–H and O–H groups in total. The minimum Gasteiger partial charge on any atom is -0.358 e. The Hall–Kier alpha value is -2.66. The second-order valence-electron chi connectivity index (χ2n) is 6.70. The van der Waals surface area contributed by atoms with Gasteiger partial charge in [0.1, 0.15) is 5.82 Å². The van der Waals surface area contributed by atoms with E-state index in [0.29, 0.717) is 0 Å². The predicted molar refractivity (Wildman–Crippen MR) is 95.7 cm³/mol. The number of aromatic nitrogens is 1. The number of H-pyrrole nitrogens is 1. The summed E-state index contributed by atoms with van der Waals surface area (Å²) in [6.45, 7) is 1.90. The molecule has 1 aliphatic carbocycles. The fraction of sp³-hybridized carbons (Fsp3) is 0.250. The number of amides is 1. The van der Waals surface area contributed by atoms with E-state index in [0.717, 1.165) is 34.1 Å². The van der Waals surface area contributed by atoms with Crippen molar-refractivity contribution >= 4 is 16.8 Å². The van der Waals surface area contributed by atoms with Crippen molar-refractivity contribution in [3.05, 3.63) is 70.7 Å². The molecule has 25 heavy (non-hydrogen) atoms. The van der Waals surface area contributed by atoms with Gasteiger partial charge in [-0.3, -0.25) is 4.79 Å². The highest BCUT2D eigenvalue weighted by Crippen LogP contribution is 2.29. The number of fused-ring (bicyclic) bond motifs is 2. The molecule has 1 aliphatic rings. The molecule has 4 nitrogen and oxygen atoms in total. The van der Waals surface area contributed by atoms with Gasteiger partial charge in [-0.05, 0) is 48.2 Å². The zero-order valence-electron chi connectivity index (χ0n) is 14.0. The molecule has 0 aliphatic heterocycles. The van der Waals surface area contributed by atoms with Crippen LogP contribution >= 0.6 is 0 Å². The van der Waals surface area contributed by atoms with E-state index in [4.69, 9.17) is 5.73 Å². The quantitative estimate of drug-likeness (QED) is 0.688. The second kappa shape index (κ2) is 6.01. The van der Waals surface area contributed by atoms with Crippen LogP contribution in [0.15, 0.2) is 42.5 Å². The standard InChI is InChI=1S/C20H20FN3O/c1-11-15(16-9-13(21)6-7-17(16)23-11)10-19(25)24-18-8-12-4-2-3-5-14(12)20(18)22/h2-7,9,18,20,23H,8,10,22H2,1H3,(H,24,25)/t18-,20-/m0/s1. The Kier molecular flexibility index (Phi) is 3.81. The minimum absolute atomic E-state index is 0.0958. The van der Waals surface area contributed by atoms with Gasteiger partial charge in [-0.25, -0.2) is 4.39 Å². The Balaban J connectivity index is 1.52. The Morgan fingerprint density at radius 1 is 1.32 bits per heavy atom. The summed E-state index contributed by atoms with van der Waals surface area (Å²) in [7, 11) is 0. The largest absolute Gasteiger partial charge is 0.358 e. The van der Waals surface area contributed by atoms with E-state index in [9.17, 15) is 9.18 Å². The van der Waals surface area contributed by atoms with Gasteiger partial charge in [0.2, 0.25) is 5.91 Å². The maximum absolute atomic E-state index is 13.6. The van der Waals surface area contributed by atoms with Crippen LogP contribution in [0.1, 0.15) is 28.4 Å². The molecule has 4 rings (SSSR count). The van der Waals surface area contributed by atoms with Crippen molar-refractivity contribution < 1.29 is 9.18 Å². The maximum Gasteiger partial charge on any atom is 0.224 e. The summed E-state index contributed by atoms with van der Waals surface area (Å²) in [5.41, 5.74) is 11.1. The molecule has 2 atom stereocenters. The molecule has 2 aromatic carbocycles. The third-order valence-electron chi connectivity index (χ3n) is 5.05.